The summed E-state index contributed by atoms with van der Waals surface area (Å²) in [5.74, 6) is -2.50. The molecule has 3 nitrogen and oxygen atoms in total. The first-order chi connectivity index (χ1) is 7.54. The zero-order valence-electron chi connectivity index (χ0n) is 8.58. The van der Waals surface area contributed by atoms with Gasteiger partial charge in [0.25, 0.3) is 0 Å². The highest BCUT2D eigenvalue weighted by molar-refractivity contribution is 5.79. The first-order valence-corrected chi connectivity index (χ1v) is 4.58. The van der Waals surface area contributed by atoms with Crippen molar-refractivity contribution in [2.45, 2.75) is 6.04 Å². The third-order valence-electron chi connectivity index (χ3n) is 2.04. The highest BCUT2D eigenvalue weighted by atomic mass is 19.1. The molecule has 0 saturated heterocycles. The SMILES string of the molecule is CNC(/C=C/C(=O)O)c1ccc(F)cc1F. The minimum atomic E-state index is -1.12. The van der Waals surface area contributed by atoms with Crippen LogP contribution in [0.3, 0.4) is 0 Å². The van der Waals surface area contributed by atoms with Crippen molar-refractivity contribution in [2.24, 2.45) is 0 Å². The zero-order chi connectivity index (χ0) is 12.1. The largest absolute Gasteiger partial charge is 0.478 e. The Morgan fingerprint density at radius 1 is 1.50 bits per heavy atom. The minimum absolute atomic E-state index is 0.196. The molecule has 1 unspecified atom stereocenters. The molecule has 1 aromatic carbocycles. The first kappa shape index (κ1) is 12.3. The molecule has 0 aliphatic carbocycles. The summed E-state index contributed by atoms with van der Waals surface area (Å²) >= 11 is 0. The number of halogens is 2. The van der Waals surface area contributed by atoms with E-state index in [9.17, 15) is 13.6 Å². The molecular weight excluding hydrogens is 216 g/mol. The van der Waals surface area contributed by atoms with Gasteiger partial charge in [0.15, 0.2) is 0 Å². The van der Waals surface area contributed by atoms with Crippen molar-refractivity contribution in [2.75, 3.05) is 7.05 Å². The van der Waals surface area contributed by atoms with E-state index in [1.54, 1.807) is 7.05 Å². The lowest BCUT2D eigenvalue weighted by molar-refractivity contribution is -0.131. The van der Waals surface area contributed by atoms with Crippen LogP contribution in [0.15, 0.2) is 30.4 Å². The summed E-state index contributed by atoms with van der Waals surface area (Å²) in [4.78, 5) is 10.3. The van der Waals surface area contributed by atoms with Crippen LogP contribution in [0.5, 0.6) is 0 Å². The maximum Gasteiger partial charge on any atom is 0.328 e. The van der Waals surface area contributed by atoms with Gasteiger partial charge in [-0.15, -0.1) is 0 Å². The predicted octanol–water partition coefficient (Wildman–Crippen LogP) is 1.87. The molecule has 0 saturated carbocycles. The van der Waals surface area contributed by atoms with Crippen molar-refractivity contribution in [3.63, 3.8) is 0 Å². The number of nitrogens with one attached hydrogen (secondary N) is 1. The number of aliphatic carboxylic acids is 1. The number of carbonyl (C=O) groups is 1. The van der Waals surface area contributed by atoms with Gasteiger partial charge in [0.05, 0.1) is 6.04 Å². The Morgan fingerprint density at radius 2 is 2.19 bits per heavy atom. The normalized spacial score (nSPS) is 12.9. The zero-order valence-corrected chi connectivity index (χ0v) is 8.58. The molecule has 0 bridgehead atoms. The van der Waals surface area contributed by atoms with Crippen LogP contribution in [0, 0.1) is 11.6 Å². The third kappa shape index (κ3) is 3.13. The molecule has 2 N–H and O–H groups in total. The van der Waals surface area contributed by atoms with Gasteiger partial charge in [-0.1, -0.05) is 12.1 Å². The Morgan fingerprint density at radius 3 is 2.69 bits per heavy atom. The second-order valence-electron chi connectivity index (χ2n) is 3.13. The average Bonchev–Trinajstić information content (AvgIpc) is 2.21. The number of benzene rings is 1. The van der Waals surface area contributed by atoms with Crippen molar-refractivity contribution in [3.05, 3.63) is 47.5 Å². The maximum absolute atomic E-state index is 13.4. The lowest BCUT2D eigenvalue weighted by Crippen LogP contribution is -2.15. The molecule has 0 amide bonds. The van der Waals surface area contributed by atoms with Gasteiger partial charge in [-0.3, -0.25) is 0 Å². The summed E-state index contributed by atoms with van der Waals surface area (Å²) in [5, 5.41) is 11.2. The summed E-state index contributed by atoms with van der Waals surface area (Å²) in [5.41, 5.74) is 0.196. The average molecular weight is 227 g/mol. The van der Waals surface area contributed by atoms with Gasteiger partial charge in [0, 0.05) is 17.7 Å². The Hall–Kier alpha value is -1.75. The van der Waals surface area contributed by atoms with Gasteiger partial charge in [-0.05, 0) is 13.1 Å². The van der Waals surface area contributed by atoms with Crippen LogP contribution in [0.2, 0.25) is 0 Å². The third-order valence-corrected chi connectivity index (χ3v) is 2.04. The van der Waals surface area contributed by atoms with Crippen molar-refractivity contribution < 1.29 is 18.7 Å². The summed E-state index contributed by atoms with van der Waals surface area (Å²) in [6.45, 7) is 0. The first-order valence-electron chi connectivity index (χ1n) is 4.58. The van der Waals surface area contributed by atoms with Gasteiger partial charge in [0.2, 0.25) is 0 Å². The van der Waals surface area contributed by atoms with Crippen molar-refractivity contribution in [1.82, 2.24) is 5.32 Å². The number of hydrogen-bond donors (Lipinski definition) is 2. The molecule has 5 heteroatoms. The van der Waals surface area contributed by atoms with Crippen LogP contribution >= 0.6 is 0 Å². The van der Waals surface area contributed by atoms with Crippen LogP contribution in [0.4, 0.5) is 8.78 Å². The van der Waals surface area contributed by atoms with Crippen molar-refractivity contribution in [1.29, 1.82) is 0 Å². The van der Waals surface area contributed by atoms with Crippen LogP contribution in [0.25, 0.3) is 0 Å². The van der Waals surface area contributed by atoms with Crippen molar-refractivity contribution >= 4 is 5.97 Å². The fraction of sp³-hybridized carbons (Fsp3) is 0.182. The van der Waals surface area contributed by atoms with E-state index in [2.05, 4.69) is 5.32 Å². The molecule has 86 valence electrons. The molecule has 1 aromatic rings. The van der Waals surface area contributed by atoms with Crippen LogP contribution in [0.1, 0.15) is 11.6 Å². The Balaban J connectivity index is 2.99. The molecule has 0 radical (unpaired) electrons. The highest BCUT2D eigenvalue weighted by Gasteiger charge is 2.11. The molecule has 0 aromatic heterocycles. The highest BCUT2D eigenvalue weighted by Crippen LogP contribution is 2.18. The van der Waals surface area contributed by atoms with Gasteiger partial charge < -0.3 is 10.4 Å². The molecule has 0 heterocycles. The van der Waals surface area contributed by atoms with Gasteiger partial charge >= 0.3 is 5.97 Å². The van der Waals surface area contributed by atoms with E-state index < -0.39 is 23.6 Å². The fourth-order valence-electron chi connectivity index (χ4n) is 1.29. The smallest absolute Gasteiger partial charge is 0.328 e. The summed E-state index contributed by atoms with van der Waals surface area (Å²) in [7, 11) is 1.56. The van der Waals surface area contributed by atoms with E-state index in [0.29, 0.717) is 0 Å². The Kier molecular flexibility index (Phi) is 4.13. The summed E-state index contributed by atoms with van der Waals surface area (Å²) in [6.07, 6.45) is 2.20. The lowest BCUT2D eigenvalue weighted by Gasteiger charge is -2.12. The van der Waals surface area contributed by atoms with E-state index in [-0.39, 0.29) is 5.56 Å². The standard InChI is InChI=1S/C11H11F2NO2/c1-14-10(4-5-11(15)16)8-3-2-7(12)6-9(8)13/h2-6,10,14H,1H3,(H,15,16)/b5-4+. The number of carboxylic acid groups (broad SMARTS) is 1. The molecular formula is C11H11F2NO2. The topological polar surface area (TPSA) is 49.3 Å². The fourth-order valence-corrected chi connectivity index (χ4v) is 1.29. The van der Waals surface area contributed by atoms with Gasteiger partial charge in [0.1, 0.15) is 11.6 Å². The Labute approximate surface area is 91.4 Å². The number of likely N-dealkylation sites (N-methyl/N-ethyl adjacent to an activating group) is 1. The van der Waals surface area contributed by atoms with E-state index in [0.717, 1.165) is 18.2 Å². The second kappa shape index (κ2) is 5.37. The molecule has 1 atom stereocenters. The van der Waals surface area contributed by atoms with E-state index in [1.807, 2.05) is 0 Å². The second-order valence-corrected chi connectivity index (χ2v) is 3.13. The number of carboxylic acids is 1. The monoisotopic (exact) mass is 227 g/mol. The van der Waals surface area contributed by atoms with Crippen LogP contribution in [-0.2, 0) is 4.79 Å². The predicted molar refractivity (Wildman–Crippen MR) is 54.9 cm³/mol. The summed E-state index contributed by atoms with van der Waals surface area (Å²) in [6, 6.07) is 2.56. The summed E-state index contributed by atoms with van der Waals surface area (Å²) < 4.78 is 26.0. The van der Waals surface area contributed by atoms with Gasteiger partial charge in [-0.2, -0.15) is 0 Å². The lowest BCUT2D eigenvalue weighted by atomic mass is 10.1. The van der Waals surface area contributed by atoms with E-state index in [1.165, 1.54) is 12.1 Å². The molecule has 0 aliphatic rings. The molecule has 16 heavy (non-hydrogen) atoms. The quantitative estimate of drug-likeness (QED) is 0.772. The van der Waals surface area contributed by atoms with E-state index >= 15 is 0 Å². The van der Waals surface area contributed by atoms with Crippen LogP contribution in [-0.4, -0.2) is 18.1 Å². The number of rotatable bonds is 4. The molecule has 1 rings (SSSR count). The van der Waals surface area contributed by atoms with Crippen LogP contribution < -0.4 is 5.32 Å². The molecule has 0 aliphatic heterocycles. The van der Waals surface area contributed by atoms with Gasteiger partial charge in [-0.25, -0.2) is 13.6 Å². The van der Waals surface area contributed by atoms with Crippen molar-refractivity contribution in [3.8, 4) is 0 Å². The molecule has 0 spiro atoms. The van der Waals surface area contributed by atoms with E-state index in [4.69, 9.17) is 5.11 Å². The number of hydrogen-bond acceptors (Lipinski definition) is 2. The molecule has 0 fully saturated rings. The maximum atomic E-state index is 13.4. The minimum Gasteiger partial charge on any atom is -0.478 e. The Bertz CT molecular complexity index is 418.